The summed E-state index contributed by atoms with van der Waals surface area (Å²) in [7, 11) is 1.75. The fourth-order valence-corrected chi connectivity index (χ4v) is 3.21. The Kier molecular flexibility index (Phi) is 5.67. The minimum absolute atomic E-state index is 0.337. The van der Waals surface area contributed by atoms with Crippen LogP contribution in [0.3, 0.4) is 0 Å². The third-order valence-corrected chi connectivity index (χ3v) is 4.36. The van der Waals surface area contributed by atoms with Gasteiger partial charge in [0.15, 0.2) is 0 Å². The molecule has 0 bridgehead atoms. The molecule has 0 aliphatic heterocycles. The zero-order valence-electron chi connectivity index (χ0n) is 12.8. The van der Waals surface area contributed by atoms with Crippen LogP contribution in [-0.2, 0) is 10.5 Å². The lowest BCUT2D eigenvalue weighted by Gasteiger charge is -2.36. The second-order valence-electron chi connectivity index (χ2n) is 5.86. The molecule has 1 atom stereocenters. The normalized spacial score (nSPS) is 25.5. The summed E-state index contributed by atoms with van der Waals surface area (Å²) in [5.74, 6) is -0.0179. The van der Waals surface area contributed by atoms with E-state index >= 15 is 0 Å². The number of rotatable bonds is 6. The monoisotopic (exact) mass is 296 g/mol. The molecule has 1 fully saturated rings. The highest BCUT2D eigenvalue weighted by Crippen LogP contribution is 2.35. The van der Waals surface area contributed by atoms with Gasteiger partial charge in [0.25, 0.3) is 0 Å². The van der Waals surface area contributed by atoms with Crippen molar-refractivity contribution in [3.63, 3.8) is 0 Å². The van der Waals surface area contributed by atoms with E-state index in [1.165, 1.54) is 12.3 Å². The van der Waals surface area contributed by atoms with Gasteiger partial charge in [0, 0.05) is 18.9 Å². The number of aromatic nitrogens is 1. The first kappa shape index (κ1) is 16.3. The standard InChI is InChI=1S/C16H25FN2O2/c1-3-19-16(20,13-8-14(17)11-18-10-13)9-12-4-6-15(21-2)7-5-12/h8,10-12,15,19-20H,3-7,9H2,1-2H3. The zero-order valence-corrected chi connectivity index (χ0v) is 12.8. The molecule has 1 saturated carbocycles. The van der Waals surface area contributed by atoms with Crippen molar-refractivity contribution < 1.29 is 14.2 Å². The number of pyridine rings is 1. The van der Waals surface area contributed by atoms with Crippen LogP contribution in [0, 0.1) is 11.7 Å². The first-order valence-corrected chi connectivity index (χ1v) is 7.68. The van der Waals surface area contributed by atoms with Gasteiger partial charge in [-0.3, -0.25) is 10.3 Å². The van der Waals surface area contributed by atoms with Crippen molar-refractivity contribution in [1.29, 1.82) is 0 Å². The van der Waals surface area contributed by atoms with Crippen LogP contribution in [0.5, 0.6) is 0 Å². The summed E-state index contributed by atoms with van der Waals surface area (Å²) in [6, 6.07) is 1.36. The molecule has 5 heteroatoms. The maximum absolute atomic E-state index is 13.4. The molecule has 1 unspecified atom stereocenters. The van der Waals surface area contributed by atoms with E-state index < -0.39 is 11.5 Å². The lowest BCUT2D eigenvalue weighted by molar-refractivity contribution is -0.0349. The SMILES string of the molecule is CCNC(O)(CC1CCC(OC)CC1)c1cncc(F)c1. The van der Waals surface area contributed by atoms with Gasteiger partial charge in [-0.2, -0.15) is 0 Å². The maximum Gasteiger partial charge on any atom is 0.143 e. The molecule has 2 N–H and O–H groups in total. The van der Waals surface area contributed by atoms with E-state index in [2.05, 4.69) is 10.3 Å². The lowest BCUT2D eigenvalue weighted by Crippen LogP contribution is -2.44. The van der Waals surface area contributed by atoms with Gasteiger partial charge in [-0.1, -0.05) is 6.92 Å². The summed E-state index contributed by atoms with van der Waals surface area (Å²) in [5.41, 5.74) is -0.716. The quantitative estimate of drug-likeness (QED) is 0.792. The molecule has 1 aliphatic rings. The highest BCUT2D eigenvalue weighted by molar-refractivity contribution is 5.18. The van der Waals surface area contributed by atoms with Crippen LogP contribution in [0.2, 0.25) is 0 Å². The molecular formula is C16H25FN2O2. The third kappa shape index (κ3) is 4.22. The number of aliphatic hydroxyl groups is 1. The molecule has 0 radical (unpaired) electrons. The van der Waals surface area contributed by atoms with Gasteiger partial charge in [-0.25, -0.2) is 4.39 Å². The molecule has 0 spiro atoms. The molecule has 1 aromatic heterocycles. The Balaban J connectivity index is 2.08. The summed E-state index contributed by atoms with van der Waals surface area (Å²) < 4.78 is 18.8. The first-order valence-electron chi connectivity index (χ1n) is 7.68. The lowest BCUT2D eigenvalue weighted by atomic mass is 9.81. The predicted molar refractivity (Wildman–Crippen MR) is 79.1 cm³/mol. The Labute approximate surface area is 125 Å². The topological polar surface area (TPSA) is 54.4 Å². The van der Waals surface area contributed by atoms with Crippen molar-refractivity contribution in [3.05, 3.63) is 29.8 Å². The molecule has 0 saturated heterocycles. The molecule has 21 heavy (non-hydrogen) atoms. The van der Waals surface area contributed by atoms with E-state index in [1.807, 2.05) is 6.92 Å². The van der Waals surface area contributed by atoms with Crippen LogP contribution in [0.25, 0.3) is 0 Å². The second-order valence-corrected chi connectivity index (χ2v) is 5.86. The zero-order chi connectivity index (χ0) is 15.3. The summed E-state index contributed by atoms with van der Waals surface area (Å²) in [4.78, 5) is 3.86. The van der Waals surface area contributed by atoms with Crippen LogP contribution >= 0.6 is 0 Å². The molecule has 4 nitrogen and oxygen atoms in total. The minimum Gasteiger partial charge on any atom is -0.381 e. The molecule has 0 aromatic carbocycles. The number of hydrogen-bond acceptors (Lipinski definition) is 4. The largest absolute Gasteiger partial charge is 0.381 e. The number of methoxy groups -OCH3 is 1. The molecular weight excluding hydrogens is 271 g/mol. The maximum atomic E-state index is 13.4. The fraction of sp³-hybridized carbons (Fsp3) is 0.688. The Morgan fingerprint density at radius 3 is 2.67 bits per heavy atom. The van der Waals surface area contributed by atoms with Crippen LogP contribution in [0.15, 0.2) is 18.5 Å². The average Bonchev–Trinajstić information content (AvgIpc) is 2.48. The van der Waals surface area contributed by atoms with Gasteiger partial charge in [-0.05, 0) is 50.6 Å². The van der Waals surface area contributed by atoms with Crippen molar-refractivity contribution in [2.24, 2.45) is 5.92 Å². The number of halogens is 1. The molecule has 0 amide bonds. The third-order valence-electron chi connectivity index (χ3n) is 4.36. The van der Waals surface area contributed by atoms with Crippen molar-refractivity contribution in [2.75, 3.05) is 13.7 Å². The van der Waals surface area contributed by atoms with Crippen LogP contribution < -0.4 is 5.32 Å². The van der Waals surface area contributed by atoms with Gasteiger partial charge in [0.2, 0.25) is 0 Å². The van der Waals surface area contributed by atoms with E-state index in [0.29, 0.717) is 30.6 Å². The van der Waals surface area contributed by atoms with Crippen LogP contribution in [0.1, 0.15) is 44.6 Å². The van der Waals surface area contributed by atoms with Gasteiger partial charge in [0.05, 0.1) is 12.3 Å². The number of nitrogens with one attached hydrogen (secondary N) is 1. The number of hydrogen-bond donors (Lipinski definition) is 2. The minimum atomic E-state index is -1.21. The van der Waals surface area contributed by atoms with Gasteiger partial charge in [0.1, 0.15) is 11.5 Å². The Bertz CT molecular complexity index is 450. The fourth-order valence-electron chi connectivity index (χ4n) is 3.21. The summed E-state index contributed by atoms with van der Waals surface area (Å²) in [5, 5.41) is 14.0. The summed E-state index contributed by atoms with van der Waals surface area (Å²) in [6.45, 7) is 2.54. The van der Waals surface area contributed by atoms with Crippen molar-refractivity contribution in [1.82, 2.24) is 10.3 Å². The Morgan fingerprint density at radius 1 is 1.38 bits per heavy atom. The summed E-state index contributed by atoms with van der Waals surface area (Å²) >= 11 is 0. The van der Waals surface area contributed by atoms with Gasteiger partial charge < -0.3 is 9.84 Å². The molecule has 1 heterocycles. The van der Waals surface area contributed by atoms with Gasteiger partial charge >= 0.3 is 0 Å². The second kappa shape index (κ2) is 7.29. The number of ether oxygens (including phenoxy) is 1. The Hall–Kier alpha value is -1.04. The van der Waals surface area contributed by atoms with E-state index in [-0.39, 0.29) is 0 Å². The van der Waals surface area contributed by atoms with E-state index in [1.54, 1.807) is 7.11 Å². The van der Waals surface area contributed by atoms with Gasteiger partial charge in [-0.15, -0.1) is 0 Å². The average molecular weight is 296 g/mol. The molecule has 2 rings (SSSR count). The Morgan fingerprint density at radius 2 is 2.10 bits per heavy atom. The number of nitrogens with zero attached hydrogens (tertiary/aromatic N) is 1. The van der Waals surface area contributed by atoms with Crippen molar-refractivity contribution >= 4 is 0 Å². The molecule has 1 aliphatic carbocycles. The van der Waals surface area contributed by atoms with Crippen molar-refractivity contribution in [2.45, 2.75) is 50.9 Å². The molecule has 1 aromatic rings. The van der Waals surface area contributed by atoms with E-state index in [9.17, 15) is 9.50 Å². The highest BCUT2D eigenvalue weighted by atomic mass is 19.1. The van der Waals surface area contributed by atoms with E-state index in [0.717, 1.165) is 31.9 Å². The van der Waals surface area contributed by atoms with E-state index in [4.69, 9.17) is 4.74 Å². The predicted octanol–water partition coefficient (Wildman–Crippen LogP) is 2.57. The smallest absolute Gasteiger partial charge is 0.143 e. The van der Waals surface area contributed by atoms with Crippen LogP contribution in [0.4, 0.5) is 4.39 Å². The molecule has 118 valence electrons. The summed E-state index contributed by atoms with van der Waals surface area (Å²) in [6.07, 6.45) is 7.68. The first-order chi connectivity index (χ1) is 10.1. The van der Waals surface area contributed by atoms with Crippen molar-refractivity contribution in [3.8, 4) is 0 Å². The highest BCUT2D eigenvalue weighted by Gasteiger charge is 2.34. The van der Waals surface area contributed by atoms with Crippen LogP contribution in [-0.4, -0.2) is 29.8 Å².